The lowest BCUT2D eigenvalue weighted by molar-refractivity contribution is -0.384. The Hall–Kier alpha value is -2.58. The van der Waals surface area contributed by atoms with Crippen LogP contribution < -0.4 is 4.74 Å². The summed E-state index contributed by atoms with van der Waals surface area (Å²) < 4.78 is 5.46. The van der Waals surface area contributed by atoms with Gasteiger partial charge in [0.1, 0.15) is 23.1 Å². The number of hydrogen-bond donors (Lipinski definition) is 0. The second-order valence-corrected chi connectivity index (χ2v) is 3.99. The number of non-ortho nitro benzene ring substituents is 1. The van der Waals surface area contributed by atoms with Crippen LogP contribution in [0.25, 0.3) is 0 Å². The maximum Gasteiger partial charge on any atom is 0.273 e. The highest BCUT2D eigenvalue weighted by Crippen LogP contribution is 2.30. The number of nitrogens with zero attached hydrogens (tertiary/aromatic N) is 2. The molecule has 94 valence electrons. The van der Waals surface area contributed by atoms with Gasteiger partial charge in [-0.1, -0.05) is 23.7 Å². The summed E-state index contributed by atoms with van der Waals surface area (Å²) in [5.74, 6) is 0.531. The Labute approximate surface area is 113 Å². The fraction of sp³-hybridized carbons (Fsp3) is 0. The van der Waals surface area contributed by atoms with E-state index in [0.29, 0.717) is 0 Å². The Bertz CT molecular complexity index is 680. The molecule has 2 rings (SSSR count). The summed E-state index contributed by atoms with van der Waals surface area (Å²) in [6.07, 6.45) is 0. The molecule has 0 heterocycles. The van der Waals surface area contributed by atoms with Crippen molar-refractivity contribution in [3.05, 3.63) is 63.2 Å². The summed E-state index contributed by atoms with van der Waals surface area (Å²) in [4.78, 5) is 10.1. The smallest absolute Gasteiger partial charge is 0.273 e. The highest BCUT2D eigenvalue weighted by Gasteiger charge is 2.11. The van der Waals surface area contributed by atoms with Crippen molar-refractivity contribution in [2.75, 3.05) is 0 Å². The molecule has 0 bridgehead atoms. The lowest BCUT2D eigenvalue weighted by atomic mass is 10.2. The standard InChI is InChI=1S/C13H7ClN2O3/c14-12-5-2-6-13(11(12)8-15)19-10-4-1-3-9(7-10)16(17)18/h1-7H. The SMILES string of the molecule is N#Cc1c(Cl)cccc1Oc1cccc([N+](=O)[O-])c1. The highest BCUT2D eigenvalue weighted by molar-refractivity contribution is 6.31. The van der Waals surface area contributed by atoms with E-state index in [1.807, 2.05) is 6.07 Å². The Morgan fingerprint density at radius 3 is 2.68 bits per heavy atom. The number of nitro benzene ring substituents is 1. The van der Waals surface area contributed by atoms with Crippen LogP contribution in [0, 0.1) is 21.4 Å². The van der Waals surface area contributed by atoms with E-state index in [4.69, 9.17) is 21.6 Å². The van der Waals surface area contributed by atoms with Gasteiger partial charge in [-0.05, 0) is 18.2 Å². The van der Waals surface area contributed by atoms with Gasteiger partial charge in [-0.3, -0.25) is 10.1 Å². The van der Waals surface area contributed by atoms with E-state index < -0.39 is 4.92 Å². The van der Waals surface area contributed by atoms with Crippen LogP contribution in [0.5, 0.6) is 11.5 Å². The average Bonchev–Trinajstić information content (AvgIpc) is 2.39. The van der Waals surface area contributed by atoms with Crippen molar-refractivity contribution in [1.29, 1.82) is 5.26 Å². The van der Waals surface area contributed by atoms with Gasteiger partial charge in [0, 0.05) is 6.07 Å². The van der Waals surface area contributed by atoms with E-state index in [9.17, 15) is 10.1 Å². The Balaban J connectivity index is 2.37. The monoisotopic (exact) mass is 274 g/mol. The normalized spacial score (nSPS) is 9.68. The summed E-state index contributed by atoms with van der Waals surface area (Å²) >= 11 is 5.87. The van der Waals surface area contributed by atoms with Gasteiger partial charge >= 0.3 is 0 Å². The molecule has 0 saturated carbocycles. The second-order valence-electron chi connectivity index (χ2n) is 3.58. The number of nitro groups is 1. The van der Waals surface area contributed by atoms with Crippen molar-refractivity contribution in [3.63, 3.8) is 0 Å². The number of hydrogen-bond acceptors (Lipinski definition) is 4. The molecular weight excluding hydrogens is 268 g/mol. The van der Waals surface area contributed by atoms with E-state index in [2.05, 4.69) is 0 Å². The van der Waals surface area contributed by atoms with Gasteiger partial charge in [-0.2, -0.15) is 5.26 Å². The summed E-state index contributed by atoms with van der Waals surface area (Å²) in [5.41, 5.74) is 0.105. The molecule has 6 heteroatoms. The molecular formula is C13H7ClN2O3. The molecule has 5 nitrogen and oxygen atoms in total. The van der Waals surface area contributed by atoms with E-state index in [1.165, 1.54) is 18.2 Å². The summed E-state index contributed by atoms with van der Waals surface area (Å²) in [7, 11) is 0. The third-order valence-electron chi connectivity index (χ3n) is 2.34. The zero-order valence-corrected chi connectivity index (χ0v) is 10.3. The lowest BCUT2D eigenvalue weighted by Gasteiger charge is -2.07. The van der Waals surface area contributed by atoms with Crippen LogP contribution in [0.3, 0.4) is 0 Å². The number of benzene rings is 2. The predicted octanol–water partition coefficient (Wildman–Crippen LogP) is 3.91. The number of halogens is 1. The van der Waals surface area contributed by atoms with Crippen LogP contribution in [0.4, 0.5) is 5.69 Å². The molecule has 0 unspecified atom stereocenters. The van der Waals surface area contributed by atoms with Gasteiger partial charge in [-0.15, -0.1) is 0 Å². The van der Waals surface area contributed by atoms with Crippen LogP contribution in [0.2, 0.25) is 5.02 Å². The first-order valence-electron chi connectivity index (χ1n) is 5.22. The Morgan fingerprint density at radius 1 is 1.26 bits per heavy atom. The zero-order valence-electron chi connectivity index (χ0n) is 9.54. The molecule has 0 atom stereocenters. The molecule has 2 aromatic carbocycles. The minimum atomic E-state index is -0.518. The van der Waals surface area contributed by atoms with E-state index in [1.54, 1.807) is 24.3 Å². The molecule has 0 amide bonds. The highest BCUT2D eigenvalue weighted by atomic mass is 35.5. The molecule has 0 aromatic heterocycles. The first-order valence-corrected chi connectivity index (χ1v) is 5.60. The average molecular weight is 275 g/mol. The van der Waals surface area contributed by atoms with Crippen molar-refractivity contribution in [2.45, 2.75) is 0 Å². The third-order valence-corrected chi connectivity index (χ3v) is 2.66. The van der Waals surface area contributed by atoms with Gasteiger partial charge in [0.2, 0.25) is 0 Å². The maximum atomic E-state index is 10.7. The Kier molecular flexibility index (Phi) is 3.64. The quantitative estimate of drug-likeness (QED) is 0.628. The molecule has 0 spiro atoms. The maximum absolute atomic E-state index is 10.7. The summed E-state index contributed by atoms with van der Waals surface area (Å²) in [5, 5.41) is 19.9. The van der Waals surface area contributed by atoms with Crippen LogP contribution >= 0.6 is 11.6 Å². The predicted molar refractivity (Wildman–Crippen MR) is 69.3 cm³/mol. The van der Waals surface area contributed by atoms with Gasteiger partial charge in [-0.25, -0.2) is 0 Å². The summed E-state index contributed by atoms with van der Waals surface area (Å²) in [6.45, 7) is 0. The van der Waals surface area contributed by atoms with Gasteiger partial charge in [0.25, 0.3) is 5.69 Å². The molecule has 0 saturated heterocycles. The number of nitriles is 1. The van der Waals surface area contributed by atoms with Gasteiger partial charge in [0.05, 0.1) is 16.0 Å². The lowest BCUT2D eigenvalue weighted by Crippen LogP contribution is -1.91. The van der Waals surface area contributed by atoms with Crippen molar-refractivity contribution >= 4 is 17.3 Å². The molecule has 0 aliphatic heterocycles. The molecule has 0 radical (unpaired) electrons. The van der Waals surface area contributed by atoms with Crippen LogP contribution in [-0.2, 0) is 0 Å². The number of ether oxygens (including phenoxy) is 1. The minimum absolute atomic E-state index is 0.0852. The van der Waals surface area contributed by atoms with Crippen molar-refractivity contribution in [2.24, 2.45) is 0 Å². The van der Waals surface area contributed by atoms with Crippen molar-refractivity contribution < 1.29 is 9.66 Å². The Morgan fingerprint density at radius 2 is 2.00 bits per heavy atom. The topological polar surface area (TPSA) is 76.2 Å². The van der Waals surface area contributed by atoms with Crippen LogP contribution in [-0.4, -0.2) is 4.92 Å². The number of rotatable bonds is 3. The minimum Gasteiger partial charge on any atom is -0.456 e. The second kappa shape index (κ2) is 5.38. The molecule has 0 fully saturated rings. The van der Waals surface area contributed by atoms with Crippen molar-refractivity contribution in [1.82, 2.24) is 0 Å². The first-order chi connectivity index (χ1) is 9.11. The fourth-order valence-electron chi connectivity index (χ4n) is 1.49. The van der Waals surface area contributed by atoms with E-state index in [-0.39, 0.29) is 27.8 Å². The molecule has 0 N–H and O–H groups in total. The van der Waals surface area contributed by atoms with Crippen molar-refractivity contribution in [3.8, 4) is 17.6 Å². The molecule has 0 aliphatic rings. The van der Waals surface area contributed by atoms with Gasteiger partial charge < -0.3 is 4.74 Å². The van der Waals surface area contributed by atoms with Crippen LogP contribution in [0.1, 0.15) is 5.56 Å². The zero-order chi connectivity index (χ0) is 13.8. The largest absolute Gasteiger partial charge is 0.456 e. The third kappa shape index (κ3) is 2.81. The molecule has 2 aromatic rings. The molecule has 0 aliphatic carbocycles. The first kappa shape index (κ1) is 12.9. The summed E-state index contributed by atoms with van der Waals surface area (Å²) in [6, 6.07) is 12.4. The van der Waals surface area contributed by atoms with Crippen LogP contribution in [0.15, 0.2) is 42.5 Å². The van der Waals surface area contributed by atoms with E-state index in [0.717, 1.165) is 0 Å². The van der Waals surface area contributed by atoms with Gasteiger partial charge in [0.15, 0.2) is 0 Å². The fourth-order valence-corrected chi connectivity index (χ4v) is 1.69. The molecule has 19 heavy (non-hydrogen) atoms. The van der Waals surface area contributed by atoms with E-state index >= 15 is 0 Å².